The maximum atomic E-state index is 12.1. The van der Waals surface area contributed by atoms with Gasteiger partial charge in [-0.1, -0.05) is 12.8 Å². The Bertz CT molecular complexity index is 419. The molecule has 0 saturated heterocycles. The molecular formula is C15H20ClNO2. The van der Waals surface area contributed by atoms with E-state index in [4.69, 9.17) is 16.3 Å². The molecule has 3 nitrogen and oxygen atoms in total. The van der Waals surface area contributed by atoms with Crippen LogP contribution < -0.4 is 10.1 Å². The van der Waals surface area contributed by atoms with Gasteiger partial charge in [-0.3, -0.25) is 4.79 Å². The molecule has 19 heavy (non-hydrogen) atoms. The second-order valence-corrected chi connectivity index (χ2v) is 5.40. The Morgan fingerprint density at radius 1 is 1.32 bits per heavy atom. The van der Waals surface area contributed by atoms with E-state index in [1.54, 1.807) is 12.1 Å². The molecule has 1 aromatic carbocycles. The normalized spacial score (nSPS) is 22.8. The van der Waals surface area contributed by atoms with Crippen molar-refractivity contribution in [2.24, 2.45) is 0 Å². The second kappa shape index (κ2) is 6.80. The zero-order valence-electron chi connectivity index (χ0n) is 11.2. The summed E-state index contributed by atoms with van der Waals surface area (Å²) in [5.74, 6) is 0.729. The fourth-order valence-corrected chi connectivity index (χ4v) is 2.71. The van der Waals surface area contributed by atoms with Gasteiger partial charge in [-0.2, -0.15) is 0 Å². The third kappa shape index (κ3) is 3.87. The molecule has 2 unspecified atom stereocenters. The lowest BCUT2D eigenvalue weighted by atomic mass is 9.94. The first kappa shape index (κ1) is 14.2. The topological polar surface area (TPSA) is 38.3 Å². The first-order chi connectivity index (χ1) is 9.20. The SMILES string of the molecule is CCOc1ccc(C(=O)NC2CCCCC2Cl)cc1. The number of ether oxygens (including phenoxy) is 1. The van der Waals surface area contributed by atoms with Gasteiger partial charge in [-0.05, 0) is 44.0 Å². The van der Waals surface area contributed by atoms with Crippen LogP contribution in [-0.2, 0) is 0 Å². The summed E-state index contributed by atoms with van der Waals surface area (Å²) in [6.07, 6.45) is 4.24. The highest BCUT2D eigenvalue weighted by Gasteiger charge is 2.24. The standard InChI is InChI=1S/C15H20ClNO2/c1-2-19-12-9-7-11(8-10-12)15(18)17-14-6-4-3-5-13(14)16/h7-10,13-14H,2-6H2,1H3,(H,17,18). The molecule has 0 radical (unpaired) electrons. The van der Waals surface area contributed by atoms with E-state index in [-0.39, 0.29) is 17.3 Å². The molecule has 0 aliphatic heterocycles. The predicted octanol–water partition coefficient (Wildman–Crippen LogP) is 3.37. The summed E-state index contributed by atoms with van der Waals surface area (Å²) in [6.45, 7) is 2.56. The molecule has 2 atom stereocenters. The Labute approximate surface area is 119 Å². The van der Waals surface area contributed by atoms with E-state index < -0.39 is 0 Å². The first-order valence-corrected chi connectivity index (χ1v) is 7.32. The van der Waals surface area contributed by atoms with Crippen LogP contribution in [0.5, 0.6) is 5.75 Å². The Morgan fingerprint density at radius 2 is 2.00 bits per heavy atom. The number of carbonyl (C=O) groups is 1. The van der Waals surface area contributed by atoms with Crippen LogP contribution >= 0.6 is 11.6 Å². The largest absolute Gasteiger partial charge is 0.494 e. The first-order valence-electron chi connectivity index (χ1n) is 6.88. The molecule has 0 bridgehead atoms. The fourth-order valence-electron chi connectivity index (χ4n) is 2.37. The van der Waals surface area contributed by atoms with E-state index >= 15 is 0 Å². The lowest BCUT2D eigenvalue weighted by Crippen LogP contribution is -2.42. The maximum absolute atomic E-state index is 12.1. The number of alkyl halides is 1. The molecule has 2 rings (SSSR count). The third-order valence-electron chi connectivity index (χ3n) is 3.43. The number of nitrogens with one attached hydrogen (secondary N) is 1. The van der Waals surface area contributed by atoms with Gasteiger partial charge < -0.3 is 10.1 Å². The molecule has 1 fully saturated rings. The average molecular weight is 282 g/mol. The summed E-state index contributed by atoms with van der Waals surface area (Å²) in [6, 6.07) is 7.29. The van der Waals surface area contributed by atoms with E-state index in [1.165, 1.54) is 0 Å². The highest BCUT2D eigenvalue weighted by Crippen LogP contribution is 2.23. The molecule has 1 saturated carbocycles. The number of benzene rings is 1. The highest BCUT2D eigenvalue weighted by atomic mass is 35.5. The number of rotatable bonds is 4. The van der Waals surface area contributed by atoms with Gasteiger partial charge >= 0.3 is 0 Å². The molecule has 1 aliphatic rings. The molecule has 104 valence electrons. The van der Waals surface area contributed by atoms with Crippen molar-refractivity contribution in [1.82, 2.24) is 5.32 Å². The van der Waals surface area contributed by atoms with Crippen molar-refractivity contribution < 1.29 is 9.53 Å². The van der Waals surface area contributed by atoms with Crippen LogP contribution in [0.25, 0.3) is 0 Å². The molecule has 0 heterocycles. The van der Waals surface area contributed by atoms with Crippen LogP contribution in [0.1, 0.15) is 43.0 Å². The van der Waals surface area contributed by atoms with Gasteiger partial charge in [0.05, 0.1) is 12.0 Å². The van der Waals surface area contributed by atoms with Crippen molar-refractivity contribution in [3.63, 3.8) is 0 Å². The number of amides is 1. The summed E-state index contributed by atoms with van der Waals surface area (Å²) < 4.78 is 5.35. The van der Waals surface area contributed by atoms with Crippen molar-refractivity contribution >= 4 is 17.5 Å². The summed E-state index contributed by atoms with van der Waals surface area (Å²) in [7, 11) is 0. The molecular weight excluding hydrogens is 262 g/mol. The summed E-state index contributed by atoms with van der Waals surface area (Å²) in [4.78, 5) is 12.1. The fraction of sp³-hybridized carbons (Fsp3) is 0.533. The molecule has 0 aromatic heterocycles. The van der Waals surface area contributed by atoms with Crippen LogP contribution in [0.3, 0.4) is 0 Å². The molecule has 1 amide bonds. The van der Waals surface area contributed by atoms with Crippen molar-refractivity contribution in [3.8, 4) is 5.75 Å². The average Bonchev–Trinajstić information content (AvgIpc) is 2.42. The van der Waals surface area contributed by atoms with Gasteiger partial charge in [-0.25, -0.2) is 0 Å². The van der Waals surface area contributed by atoms with E-state index in [0.29, 0.717) is 12.2 Å². The summed E-state index contributed by atoms with van der Waals surface area (Å²) in [5.41, 5.74) is 0.651. The molecule has 1 aromatic rings. The van der Waals surface area contributed by atoms with E-state index in [2.05, 4.69) is 5.32 Å². The molecule has 1 aliphatic carbocycles. The quantitative estimate of drug-likeness (QED) is 0.860. The van der Waals surface area contributed by atoms with Gasteiger partial charge in [0.25, 0.3) is 5.91 Å². The van der Waals surface area contributed by atoms with Crippen molar-refractivity contribution in [2.75, 3.05) is 6.61 Å². The Balaban J connectivity index is 1.95. The molecule has 0 spiro atoms. The number of halogens is 1. The van der Waals surface area contributed by atoms with Gasteiger partial charge in [0.1, 0.15) is 5.75 Å². The third-order valence-corrected chi connectivity index (χ3v) is 3.95. The summed E-state index contributed by atoms with van der Waals surface area (Å²) >= 11 is 6.25. The number of hydrogen-bond acceptors (Lipinski definition) is 2. The Kier molecular flexibility index (Phi) is 5.08. The summed E-state index contributed by atoms with van der Waals surface area (Å²) in [5, 5.41) is 3.08. The zero-order chi connectivity index (χ0) is 13.7. The molecule has 1 N–H and O–H groups in total. The smallest absolute Gasteiger partial charge is 0.251 e. The van der Waals surface area contributed by atoms with Crippen LogP contribution in [0.15, 0.2) is 24.3 Å². The van der Waals surface area contributed by atoms with E-state index in [9.17, 15) is 4.79 Å². The van der Waals surface area contributed by atoms with Crippen LogP contribution in [-0.4, -0.2) is 23.9 Å². The monoisotopic (exact) mass is 281 g/mol. The Morgan fingerprint density at radius 3 is 2.63 bits per heavy atom. The lowest BCUT2D eigenvalue weighted by Gasteiger charge is -2.27. The minimum absolute atomic E-state index is 0.0550. The predicted molar refractivity (Wildman–Crippen MR) is 77.0 cm³/mol. The zero-order valence-corrected chi connectivity index (χ0v) is 12.0. The van der Waals surface area contributed by atoms with Crippen molar-refractivity contribution in [2.45, 2.75) is 44.0 Å². The minimum Gasteiger partial charge on any atom is -0.494 e. The maximum Gasteiger partial charge on any atom is 0.251 e. The number of carbonyl (C=O) groups excluding carboxylic acids is 1. The van der Waals surface area contributed by atoms with Crippen LogP contribution in [0.4, 0.5) is 0 Å². The number of hydrogen-bond donors (Lipinski definition) is 1. The minimum atomic E-state index is -0.0550. The van der Waals surface area contributed by atoms with Crippen LogP contribution in [0.2, 0.25) is 0 Å². The van der Waals surface area contributed by atoms with Crippen molar-refractivity contribution in [1.29, 1.82) is 0 Å². The van der Waals surface area contributed by atoms with Gasteiger partial charge in [0, 0.05) is 11.6 Å². The van der Waals surface area contributed by atoms with Gasteiger partial charge in [0.15, 0.2) is 0 Å². The second-order valence-electron chi connectivity index (χ2n) is 4.84. The lowest BCUT2D eigenvalue weighted by molar-refractivity contribution is 0.0928. The molecule has 4 heteroatoms. The Hall–Kier alpha value is -1.22. The van der Waals surface area contributed by atoms with E-state index in [0.717, 1.165) is 31.4 Å². The van der Waals surface area contributed by atoms with Gasteiger partial charge in [0.2, 0.25) is 0 Å². The van der Waals surface area contributed by atoms with E-state index in [1.807, 2.05) is 19.1 Å². The van der Waals surface area contributed by atoms with Crippen molar-refractivity contribution in [3.05, 3.63) is 29.8 Å². The highest BCUT2D eigenvalue weighted by molar-refractivity contribution is 6.21. The van der Waals surface area contributed by atoms with Gasteiger partial charge in [-0.15, -0.1) is 11.6 Å². The van der Waals surface area contributed by atoms with Crippen LogP contribution in [0, 0.1) is 0 Å².